The Labute approximate surface area is 182 Å². The maximum absolute atomic E-state index is 13.3. The first-order valence-electron chi connectivity index (χ1n) is 10.5. The fraction of sp³-hybridized carbons (Fsp3) is 0.231. The van der Waals surface area contributed by atoms with Crippen LogP contribution in [0.2, 0.25) is 0 Å². The molecule has 3 aromatic carbocycles. The number of nitrogens with one attached hydrogen (secondary N) is 1. The Morgan fingerprint density at radius 1 is 0.968 bits per heavy atom. The predicted octanol–water partition coefficient (Wildman–Crippen LogP) is 4.50. The van der Waals surface area contributed by atoms with Gasteiger partial charge in [-0.15, -0.1) is 0 Å². The molecular weight excluding hydrogens is 388 g/mol. The minimum atomic E-state index is -0.369. The predicted molar refractivity (Wildman–Crippen MR) is 121 cm³/mol. The second kappa shape index (κ2) is 9.47. The molecule has 1 fully saturated rings. The van der Waals surface area contributed by atoms with Crippen LogP contribution in [0.5, 0.6) is 5.75 Å². The molecule has 5 heteroatoms. The number of carbonyl (C=O) groups excluding carboxylic acids is 2. The van der Waals surface area contributed by atoms with Crippen molar-refractivity contribution in [3.05, 3.63) is 96.1 Å². The second-order valence-corrected chi connectivity index (χ2v) is 7.67. The number of hydrogen-bond donors (Lipinski definition) is 1. The van der Waals surface area contributed by atoms with E-state index >= 15 is 0 Å². The molecule has 1 aliphatic rings. The highest BCUT2D eigenvalue weighted by molar-refractivity contribution is 5.97. The van der Waals surface area contributed by atoms with E-state index in [0.717, 1.165) is 22.6 Å². The number of benzene rings is 3. The highest BCUT2D eigenvalue weighted by Crippen LogP contribution is 2.40. The maximum Gasteiger partial charge on any atom is 0.227 e. The Kier molecular flexibility index (Phi) is 6.32. The van der Waals surface area contributed by atoms with Crippen molar-refractivity contribution >= 4 is 17.5 Å². The van der Waals surface area contributed by atoms with E-state index in [-0.39, 0.29) is 23.8 Å². The fourth-order valence-corrected chi connectivity index (χ4v) is 4.16. The minimum absolute atomic E-state index is 0.0196. The first kappa shape index (κ1) is 20.7. The van der Waals surface area contributed by atoms with Gasteiger partial charge in [0.25, 0.3) is 0 Å². The van der Waals surface area contributed by atoms with Crippen molar-refractivity contribution in [2.45, 2.75) is 25.4 Å². The Bertz CT molecular complexity index is 1020. The van der Waals surface area contributed by atoms with Gasteiger partial charge in [0.1, 0.15) is 5.75 Å². The molecule has 1 N–H and O–H groups in total. The second-order valence-electron chi connectivity index (χ2n) is 7.67. The Hall–Kier alpha value is -3.60. The largest absolute Gasteiger partial charge is 0.497 e. The number of hydrogen-bond acceptors (Lipinski definition) is 3. The number of amides is 2. The number of methoxy groups -OCH3 is 1. The molecule has 0 unspecified atom stereocenters. The summed E-state index contributed by atoms with van der Waals surface area (Å²) in [5, 5.41) is 3.08. The van der Waals surface area contributed by atoms with Crippen LogP contribution in [0, 0.1) is 5.92 Å². The van der Waals surface area contributed by atoms with Gasteiger partial charge >= 0.3 is 0 Å². The molecule has 2 amide bonds. The van der Waals surface area contributed by atoms with Crippen LogP contribution in [0.3, 0.4) is 0 Å². The summed E-state index contributed by atoms with van der Waals surface area (Å²) in [5.41, 5.74) is 2.76. The van der Waals surface area contributed by atoms with Gasteiger partial charge in [0, 0.05) is 18.7 Å². The first-order valence-corrected chi connectivity index (χ1v) is 10.5. The van der Waals surface area contributed by atoms with E-state index in [1.54, 1.807) is 12.0 Å². The molecule has 1 heterocycles. The summed E-state index contributed by atoms with van der Waals surface area (Å²) in [7, 11) is 1.61. The molecule has 2 atom stereocenters. The van der Waals surface area contributed by atoms with E-state index in [1.807, 2.05) is 84.9 Å². The molecule has 0 radical (unpaired) electrons. The minimum Gasteiger partial charge on any atom is -0.497 e. The SMILES string of the molecule is COc1ccc(N2C(=O)CC[C@H](C(=O)NCc3ccccc3)[C@H]2c2ccccc2)cc1. The van der Waals surface area contributed by atoms with Crippen molar-refractivity contribution in [2.75, 3.05) is 12.0 Å². The zero-order valence-electron chi connectivity index (χ0n) is 17.5. The van der Waals surface area contributed by atoms with Crippen molar-refractivity contribution < 1.29 is 14.3 Å². The van der Waals surface area contributed by atoms with Gasteiger partial charge in [-0.25, -0.2) is 0 Å². The highest BCUT2D eigenvalue weighted by Gasteiger charge is 2.41. The van der Waals surface area contributed by atoms with Gasteiger partial charge in [0.05, 0.1) is 19.1 Å². The van der Waals surface area contributed by atoms with E-state index in [1.165, 1.54) is 0 Å². The molecule has 0 aliphatic carbocycles. The summed E-state index contributed by atoms with van der Waals surface area (Å²) in [4.78, 5) is 28.1. The van der Waals surface area contributed by atoms with Crippen LogP contribution in [-0.2, 0) is 16.1 Å². The van der Waals surface area contributed by atoms with Gasteiger partial charge in [-0.05, 0) is 41.8 Å². The molecule has 5 nitrogen and oxygen atoms in total. The summed E-state index contributed by atoms with van der Waals surface area (Å²) >= 11 is 0. The van der Waals surface area contributed by atoms with Crippen LogP contribution < -0.4 is 15.0 Å². The number of carbonyl (C=O) groups is 2. The zero-order valence-corrected chi connectivity index (χ0v) is 17.5. The smallest absolute Gasteiger partial charge is 0.227 e. The topological polar surface area (TPSA) is 58.6 Å². The molecule has 1 saturated heterocycles. The van der Waals surface area contributed by atoms with Crippen LogP contribution in [0.4, 0.5) is 5.69 Å². The number of piperidine rings is 1. The Morgan fingerprint density at radius 3 is 2.26 bits per heavy atom. The lowest BCUT2D eigenvalue weighted by molar-refractivity contribution is -0.129. The zero-order chi connectivity index (χ0) is 21.6. The summed E-state index contributed by atoms with van der Waals surface area (Å²) < 4.78 is 5.26. The molecule has 0 spiro atoms. The fourth-order valence-electron chi connectivity index (χ4n) is 4.16. The summed E-state index contributed by atoms with van der Waals surface area (Å²) in [6.07, 6.45) is 0.852. The monoisotopic (exact) mass is 414 g/mol. The van der Waals surface area contributed by atoms with Crippen molar-refractivity contribution in [3.63, 3.8) is 0 Å². The normalized spacial score (nSPS) is 18.5. The molecule has 31 heavy (non-hydrogen) atoms. The van der Waals surface area contributed by atoms with Gasteiger partial charge in [-0.1, -0.05) is 60.7 Å². The van der Waals surface area contributed by atoms with Crippen molar-refractivity contribution in [1.29, 1.82) is 0 Å². The number of ether oxygens (including phenoxy) is 1. The van der Waals surface area contributed by atoms with Gasteiger partial charge in [-0.2, -0.15) is 0 Å². The molecule has 4 rings (SSSR count). The lowest BCUT2D eigenvalue weighted by atomic mass is 9.83. The maximum atomic E-state index is 13.3. The molecule has 0 saturated carbocycles. The first-order chi connectivity index (χ1) is 15.2. The number of anilines is 1. The van der Waals surface area contributed by atoms with E-state index in [0.29, 0.717) is 19.4 Å². The lowest BCUT2D eigenvalue weighted by Crippen LogP contribution is -2.48. The average Bonchev–Trinajstić information content (AvgIpc) is 2.83. The average molecular weight is 415 g/mol. The third-order valence-corrected chi connectivity index (χ3v) is 5.74. The summed E-state index contributed by atoms with van der Waals surface area (Å²) in [6, 6.07) is 26.7. The molecule has 3 aromatic rings. The third kappa shape index (κ3) is 4.61. The van der Waals surface area contributed by atoms with Crippen molar-refractivity contribution in [2.24, 2.45) is 5.92 Å². The number of rotatable bonds is 6. The van der Waals surface area contributed by atoms with Crippen LogP contribution in [-0.4, -0.2) is 18.9 Å². The van der Waals surface area contributed by atoms with E-state index in [9.17, 15) is 9.59 Å². The summed E-state index contributed by atoms with van der Waals surface area (Å²) in [5.74, 6) is 0.363. The molecule has 0 aromatic heterocycles. The van der Waals surface area contributed by atoms with E-state index in [2.05, 4.69) is 5.32 Å². The molecule has 1 aliphatic heterocycles. The Balaban J connectivity index is 1.65. The molecule has 158 valence electrons. The molecular formula is C26H26N2O3. The van der Waals surface area contributed by atoms with Gasteiger partial charge in [0.15, 0.2) is 0 Å². The van der Waals surface area contributed by atoms with Crippen LogP contribution in [0.1, 0.15) is 30.0 Å². The van der Waals surface area contributed by atoms with Crippen LogP contribution in [0.15, 0.2) is 84.9 Å². The highest BCUT2D eigenvalue weighted by atomic mass is 16.5. The molecule has 0 bridgehead atoms. The van der Waals surface area contributed by atoms with Gasteiger partial charge in [0.2, 0.25) is 11.8 Å². The standard InChI is InChI=1S/C26H26N2O3/c1-31-22-14-12-21(13-15-22)28-24(29)17-16-23(25(28)20-10-6-3-7-11-20)26(30)27-18-19-8-4-2-5-9-19/h2-15,23,25H,16-18H2,1H3,(H,27,30)/t23-,25+/m0/s1. The van der Waals surface area contributed by atoms with Gasteiger partial charge < -0.3 is 15.0 Å². The van der Waals surface area contributed by atoms with Gasteiger partial charge in [-0.3, -0.25) is 9.59 Å². The van der Waals surface area contributed by atoms with Crippen LogP contribution in [0.25, 0.3) is 0 Å². The van der Waals surface area contributed by atoms with Crippen LogP contribution >= 0.6 is 0 Å². The summed E-state index contributed by atoms with van der Waals surface area (Å²) in [6.45, 7) is 0.466. The Morgan fingerprint density at radius 2 is 1.61 bits per heavy atom. The van der Waals surface area contributed by atoms with E-state index in [4.69, 9.17) is 4.74 Å². The van der Waals surface area contributed by atoms with E-state index < -0.39 is 0 Å². The quantitative estimate of drug-likeness (QED) is 0.646. The number of nitrogens with zero attached hydrogens (tertiary/aromatic N) is 1. The van der Waals surface area contributed by atoms with Crippen molar-refractivity contribution in [3.8, 4) is 5.75 Å². The third-order valence-electron chi connectivity index (χ3n) is 5.74. The van der Waals surface area contributed by atoms with Crippen molar-refractivity contribution in [1.82, 2.24) is 5.32 Å². The lowest BCUT2D eigenvalue weighted by Gasteiger charge is -2.41.